The van der Waals surface area contributed by atoms with Crippen LogP contribution in [0.2, 0.25) is 0 Å². The molecule has 2 unspecified atom stereocenters. The van der Waals surface area contributed by atoms with E-state index >= 15 is 0 Å². The molecule has 0 aliphatic carbocycles. The van der Waals surface area contributed by atoms with E-state index in [-0.39, 0.29) is 42.6 Å². The van der Waals surface area contributed by atoms with Crippen molar-refractivity contribution in [2.45, 2.75) is 70.3 Å². The summed E-state index contributed by atoms with van der Waals surface area (Å²) in [6, 6.07) is -1.33. The second-order valence-corrected chi connectivity index (χ2v) is 9.84. The minimum absolute atomic E-state index is 0.0324. The number of H-pyrrole nitrogens is 1. The number of halogens is 3. The van der Waals surface area contributed by atoms with Gasteiger partial charge in [-0.2, -0.15) is 13.2 Å². The number of carboxylic acids is 1. The molecule has 3 amide bonds. The highest BCUT2D eigenvalue weighted by Crippen LogP contribution is 2.30. The molecule has 0 spiro atoms. The van der Waals surface area contributed by atoms with Gasteiger partial charge < -0.3 is 30.4 Å². The molecule has 1 aromatic rings. The monoisotopic (exact) mass is 590 g/mol. The van der Waals surface area contributed by atoms with E-state index in [1.54, 1.807) is 12.5 Å². The van der Waals surface area contributed by atoms with Crippen LogP contribution in [0.5, 0.6) is 0 Å². The number of carbonyl (C=O) groups excluding carboxylic acids is 4. The second kappa shape index (κ2) is 15.3. The summed E-state index contributed by atoms with van der Waals surface area (Å²) in [5.74, 6) is -3.72. The van der Waals surface area contributed by atoms with Gasteiger partial charge >= 0.3 is 18.1 Å². The molecule has 0 bridgehead atoms. The Balaban J connectivity index is 0.000000745. The number of aromatic amines is 1. The number of carboxylic acid groups (broad SMARTS) is 1. The molecular formula is C25H37F3N6O7. The number of methoxy groups -OCH3 is 1. The van der Waals surface area contributed by atoms with E-state index in [4.69, 9.17) is 14.6 Å². The summed E-state index contributed by atoms with van der Waals surface area (Å²) in [4.78, 5) is 69.7. The van der Waals surface area contributed by atoms with Crippen molar-refractivity contribution in [1.29, 1.82) is 0 Å². The molecule has 1 aromatic heterocycles. The van der Waals surface area contributed by atoms with E-state index in [0.29, 0.717) is 18.8 Å². The molecule has 0 radical (unpaired) electrons. The molecule has 0 aromatic carbocycles. The Morgan fingerprint density at radius 1 is 1.22 bits per heavy atom. The smallest absolute Gasteiger partial charge is 0.475 e. The maximum Gasteiger partial charge on any atom is 0.490 e. The van der Waals surface area contributed by atoms with Gasteiger partial charge in [0.1, 0.15) is 6.04 Å². The number of hydrogen-bond acceptors (Lipinski definition) is 8. The van der Waals surface area contributed by atoms with Crippen LogP contribution >= 0.6 is 0 Å². The van der Waals surface area contributed by atoms with Gasteiger partial charge in [0.05, 0.1) is 31.6 Å². The molecule has 4 N–H and O–H groups in total. The van der Waals surface area contributed by atoms with Crippen molar-refractivity contribution in [1.82, 2.24) is 30.4 Å². The summed E-state index contributed by atoms with van der Waals surface area (Å²) in [5.41, 5.74) is 0.716. The average molecular weight is 591 g/mol. The standard InChI is InChI=1S/C23H36N6O5.C2HF3O2/c1-4-16-7-9-28(21(16)22(32)27-19(23(33)34-3)12-25-15(2)30)13-18-6-5-8-29(18)20(31)10-17-11-24-14-26-17;3-2(4,5)1(6)7/h11,14,16,18-19,21H,4-10,12-13H2,1-3H3,(H,24,26)(H,25,30)(H,27,32);(H,6,7)/t16-,18-,19?,21?;/m0./s1. The Bertz CT molecular complexity index is 1050. The first kappa shape index (κ1) is 33.5. The zero-order valence-electron chi connectivity index (χ0n) is 23.2. The molecule has 4 atom stereocenters. The lowest BCUT2D eigenvalue weighted by atomic mass is 9.96. The van der Waals surface area contributed by atoms with Crippen LogP contribution in [0.3, 0.4) is 0 Å². The van der Waals surface area contributed by atoms with Gasteiger partial charge in [0.25, 0.3) is 0 Å². The van der Waals surface area contributed by atoms with Crippen molar-refractivity contribution in [2.75, 3.05) is 33.3 Å². The first-order valence-corrected chi connectivity index (χ1v) is 13.2. The average Bonchev–Trinajstić information content (AvgIpc) is 3.67. The lowest BCUT2D eigenvalue weighted by Crippen LogP contribution is -2.56. The molecule has 2 aliphatic heterocycles. The predicted molar refractivity (Wildman–Crippen MR) is 137 cm³/mol. The van der Waals surface area contributed by atoms with E-state index < -0.39 is 30.2 Å². The molecule has 41 heavy (non-hydrogen) atoms. The Kier molecular flexibility index (Phi) is 12.5. The van der Waals surface area contributed by atoms with E-state index in [2.05, 4.69) is 32.4 Å². The van der Waals surface area contributed by atoms with E-state index in [9.17, 15) is 32.3 Å². The first-order chi connectivity index (χ1) is 19.3. The van der Waals surface area contributed by atoms with Crippen molar-refractivity contribution in [2.24, 2.45) is 5.92 Å². The molecule has 2 aliphatic rings. The highest BCUT2D eigenvalue weighted by Gasteiger charge is 2.42. The van der Waals surface area contributed by atoms with Crippen LogP contribution < -0.4 is 10.6 Å². The molecule has 2 fully saturated rings. The summed E-state index contributed by atoms with van der Waals surface area (Å²) in [6.07, 6.45) is 1.99. The van der Waals surface area contributed by atoms with E-state index in [1.807, 2.05) is 4.90 Å². The second-order valence-electron chi connectivity index (χ2n) is 9.84. The Hall–Kier alpha value is -3.69. The van der Waals surface area contributed by atoms with Crippen LogP contribution in [-0.2, 0) is 35.1 Å². The lowest BCUT2D eigenvalue weighted by molar-refractivity contribution is -0.192. The fraction of sp³-hybridized carbons (Fsp3) is 0.680. The number of ether oxygens (including phenoxy) is 1. The molecule has 13 nitrogen and oxygen atoms in total. The third-order valence-electron chi connectivity index (χ3n) is 7.05. The molecule has 2 saturated heterocycles. The maximum absolute atomic E-state index is 13.3. The van der Waals surface area contributed by atoms with Gasteiger partial charge in [-0.25, -0.2) is 14.6 Å². The number of carbonyl (C=O) groups is 5. The topological polar surface area (TPSA) is 174 Å². The zero-order valence-corrected chi connectivity index (χ0v) is 23.2. The minimum Gasteiger partial charge on any atom is -0.475 e. The number of rotatable bonds is 10. The molecule has 16 heteroatoms. The Morgan fingerprint density at radius 2 is 1.90 bits per heavy atom. The SMILES string of the molecule is CC[C@H]1CCN(C[C@@H]2CCCN2C(=O)Cc2c[nH]cn2)C1C(=O)NC(CNC(C)=O)C(=O)OC.O=C(O)C(F)(F)F. The lowest BCUT2D eigenvalue weighted by Gasteiger charge is -2.33. The number of aliphatic carboxylic acids is 1. The number of esters is 1. The van der Waals surface area contributed by atoms with Crippen molar-refractivity contribution in [3.63, 3.8) is 0 Å². The van der Waals surface area contributed by atoms with Crippen LogP contribution in [-0.4, -0.2) is 112 Å². The summed E-state index contributed by atoms with van der Waals surface area (Å²) in [7, 11) is 1.25. The van der Waals surface area contributed by atoms with E-state index in [0.717, 1.165) is 32.2 Å². The minimum atomic E-state index is -5.08. The van der Waals surface area contributed by atoms with Crippen LogP contribution in [0, 0.1) is 5.92 Å². The third kappa shape index (κ3) is 10.0. The molecule has 3 heterocycles. The van der Waals surface area contributed by atoms with Crippen LogP contribution in [0.1, 0.15) is 45.2 Å². The molecular weight excluding hydrogens is 553 g/mol. The summed E-state index contributed by atoms with van der Waals surface area (Å²) < 4.78 is 36.5. The number of aromatic nitrogens is 2. The highest BCUT2D eigenvalue weighted by atomic mass is 19.4. The number of likely N-dealkylation sites (tertiary alicyclic amines) is 2. The fourth-order valence-corrected chi connectivity index (χ4v) is 5.05. The predicted octanol–water partition coefficient (Wildman–Crippen LogP) is 0.471. The maximum atomic E-state index is 13.3. The Labute approximate surface area is 235 Å². The van der Waals surface area contributed by atoms with Crippen molar-refractivity contribution < 1.29 is 47.0 Å². The summed E-state index contributed by atoms with van der Waals surface area (Å²) in [5, 5.41) is 12.5. The van der Waals surface area contributed by atoms with Gasteiger partial charge in [-0.1, -0.05) is 13.3 Å². The number of nitrogens with zero attached hydrogens (tertiary/aromatic N) is 3. The van der Waals surface area contributed by atoms with E-state index in [1.165, 1.54) is 14.0 Å². The van der Waals surface area contributed by atoms with Crippen molar-refractivity contribution >= 4 is 29.7 Å². The molecule has 230 valence electrons. The quantitative estimate of drug-likeness (QED) is 0.283. The molecule has 3 rings (SSSR count). The highest BCUT2D eigenvalue weighted by molar-refractivity contribution is 5.88. The summed E-state index contributed by atoms with van der Waals surface area (Å²) in [6.45, 7) is 5.44. The van der Waals surface area contributed by atoms with Crippen LogP contribution in [0.4, 0.5) is 13.2 Å². The van der Waals surface area contributed by atoms with Crippen molar-refractivity contribution in [3.05, 3.63) is 18.2 Å². The van der Waals surface area contributed by atoms with Gasteiger partial charge in [-0.15, -0.1) is 0 Å². The van der Waals surface area contributed by atoms with Gasteiger partial charge in [0.2, 0.25) is 17.7 Å². The number of alkyl halides is 3. The number of amides is 3. The largest absolute Gasteiger partial charge is 0.490 e. The number of hydrogen-bond donors (Lipinski definition) is 4. The normalized spacial score (nSPS) is 21.4. The van der Waals surface area contributed by atoms with Gasteiger partial charge in [0.15, 0.2) is 0 Å². The van der Waals surface area contributed by atoms with Gasteiger partial charge in [-0.05, 0) is 31.7 Å². The summed E-state index contributed by atoms with van der Waals surface area (Å²) >= 11 is 0. The van der Waals surface area contributed by atoms with Crippen LogP contribution in [0.15, 0.2) is 12.5 Å². The zero-order chi connectivity index (χ0) is 30.7. The third-order valence-corrected chi connectivity index (χ3v) is 7.05. The van der Waals surface area contributed by atoms with Crippen LogP contribution in [0.25, 0.3) is 0 Å². The Morgan fingerprint density at radius 3 is 2.44 bits per heavy atom. The number of imidazole rings is 1. The number of nitrogens with one attached hydrogen (secondary N) is 3. The fourth-order valence-electron chi connectivity index (χ4n) is 5.05. The van der Waals surface area contributed by atoms with Crippen molar-refractivity contribution in [3.8, 4) is 0 Å². The first-order valence-electron chi connectivity index (χ1n) is 13.2. The van der Waals surface area contributed by atoms with Gasteiger partial charge in [0, 0.05) is 38.8 Å². The van der Waals surface area contributed by atoms with Gasteiger partial charge in [-0.3, -0.25) is 19.3 Å². The molecule has 0 saturated carbocycles.